The molecule has 0 aromatic heterocycles. The fraction of sp³-hybridized carbons (Fsp3) is 0.743. The number of nitrogens with one attached hydrogen (secondary N) is 2. The third-order valence-electron chi connectivity index (χ3n) is 12.0. The van der Waals surface area contributed by atoms with Crippen LogP contribution in [0.3, 0.4) is 0 Å². The van der Waals surface area contributed by atoms with E-state index in [4.69, 9.17) is 24.3 Å². The lowest BCUT2D eigenvalue weighted by atomic mass is 10.0. The van der Waals surface area contributed by atoms with Gasteiger partial charge in [-0.05, 0) is 25.7 Å². The second-order valence-corrected chi connectivity index (χ2v) is 15.3. The highest BCUT2D eigenvalue weighted by Crippen LogP contribution is 2.61. The van der Waals surface area contributed by atoms with E-state index in [9.17, 15) is 48.9 Å². The van der Waals surface area contributed by atoms with Crippen LogP contribution in [0, 0.1) is 0 Å². The summed E-state index contributed by atoms with van der Waals surface area (Å²) < 4.78 is 1.77. The quantitative estimate of drug-likeness (QED) is 0.0524. The summed E-state index contributed by atoms with van der Waals surface area (Å²) in [5, 5.41) is 42.8. The van der Waals surface area contributed by atoms with E-state index < -0.39 is 41.9 Å². The Balaban J connectivity index is 0.00000169. The van der Waals surface area contributed by atoms with Crippen LogP contribution in [0.4, 0.5) is 4.79 Å². The maximum Gasteiger partial charge on any atom is 0.482 e. The highest BCUT2D eigenvalue weighted by molar-refractivity contribution is 5.84. The number of unbranched alkanes of at least 4 members (excludes halogenated alkanes) is 4. The van der Waals surface area contributed by atoms with Gasteiger partial charge >= 0.3 is 48.1 Å². The number of amides is 2. The van der Waals surface area contributed by atoms with Gasteiger partial charge in [-0.3, -0.25) is 14.4 Å². The van der Waals surface area contributed by atoms with E-state index >= 15 is 0 Å². The van der Waals surface area contributed by atoms with Crippen molar-refractivity contribution >= 4 is 53.8 Å². The molecular weight excluding hydrogens is 744 g/mol. The first-order valence-electron chi connectivity index (χ1n) is 18.8. The third-order valence-corrected chi connectivity index (χ3v) is 12.0. The molecule has 4 heterocycles. The van der Waals surface area contributed by atoms with E-state index in [1.165, 1.54) is 0 Å². The summed E-state index contributed by atoms with van der Waals surface area (Å²) >= 11 is 0. The Morgan fingerprint density at radius 1 is 0.571 bits per heavy atom. The van der Waals surface area contributed by atoms with E-state index in [0.29, 0.717) is 82.9 Å². The fourth-order valence-corrected chi connectivity index (χ4v) is 10.4. The molecule has 4 rings (SSSR count). The Morgan fingerprint density at radius 2 is 1.00 bits per heavy atom. The van der Waals surface area contributed by atoms with Crippen molar-refractivity contribution in [3.63, 3.8) is 0 Å². The van der Waals surface area contributed by atoms with Gasteiger partial charge in [0.1, 0.15) is 64.2 Å². The number of ketones is 2. The molecule has 6 atom stereocenters. The predicted octanol–water partition coefficient (Wildman–Crippen LogP) is -1.18. The minimum Gasteiger partial charge on any atom is -0.481 e. The molecule has 4 saturated heterocycles. The van der Waals surface area contributed by atoms with Crippen LogP contribution in [-0.2, 0) is 47.9 Å². The number of carboxylic acid groups (broad SMARTS) is 4. The van der Waals surface area contributed by atoms with Crippen LogP contribution in [0.5, 0.6) is 0 Å². The number of rotatable bonds is 23. The molecule has 21 nitrogen and oxygen atoms in total. The molecule has 312 valence electrons. The molecule has 0 bridgehead atoms. The maximum atomic E-state index is 13.6. The first-order valence-corrected chi connectivity index (χ1v) is 18.8. The van der Waals surface area contributed by atoms with Gasteiger partial charge in [-0.2, -0.15) is 28.1 Å². The molecule has 2 unspecified atom stereocenters. The molecule has 21 heteroatoms. The van der Waals surface area contributed by atoms with Crippen molar-refractivity contribution in [2.75, 3.05) is 85.6 Å². The summed E-state index contributed by atoms with van der Waals surface area (Å²) in [6, 6.07) is -1.97. The molecule has 0 aromatic rings. The van der Waals surface area contributed by atoms with E-state index in [-0.39, 0.29) is 69.2 Å². The van der Waals surface area contributed by atoms with Gasteiger partial charge < -0.3 is 31.1 Å². The monoisotopic (exact) mass is 800 g/mol. The van der Waals surface area contributed by atoms with Crippen molar-refractivity contribution < 1.29 is 91.1 Å². The Bertz CT molecular complexity index is 1510. The third kappa shape index (κ3) is 10.5. The highest BCUT2D eigenvalue weighted by atomic mass is 16.4. The van der Waals surface area contributed by atoms with Gasteiger partial charge in [0.05, 0.1) is 7.05 Å². The zero-order valence-electron chi connectivity index (χ0n) is 31.9. The van der Waals surface area contributed by atoms with Crippen molar-refractivity contribution in [3.05, 3.63) is 0 Å². The number of hydrogen-bond donors (Lipinski definition) is 6. The first-order chi connectivity index (χ1) is 26.4. The van der Waals surface area contributed by atoms with E-state index in [1.807, 2.05) is 0 Å². The number of carbonyl (C=O) groups is 7. The number of carboxylic acids is 4. The lowest BCUT2D eigenvalue weighted by molar-refractivity contribution is -1.36. The number of aliphatic carboxylic acids is 4. The number of Topliss-reactive ketones (excluding diaryl/α,β-unsaturated/α-hetero) is 2. The van der Waals surface area contributed by atoms with Crippen LogP contribution in [0.1, 0.15) is 70.6 Å². The minimum absolute atomic E-state index is 0.00292. The Hall–Kier alpha value is -4.91. The van der Waals surface area contributed by atoms with Crippen LogP contribution in [0.25, 0.3) is 0 Å². The van der Waals surface area contributed by atoms with E-state index in [2.05, 4.69) is 17.7 Å². The molecule has 4 aliphatic rings. The van der Waals surface area contributed by atoms with Gasteiger partial charge in [0.15, 0.2) is 25.4 Å². The van der Waals surface area contributed by atoms with Gasteiger partial charge in [0.25, 0.3) is 0 Å². The fourth-order valence-electron chi connectivity index (χ4n) is 10.4. The first kappa shape index (κ1) is 47.2. The van der Waals surface area contributed by atoms with Crippen LogP contribution in [0.2, 0.25) is 0 Å². The molecular formula is C35H56N6O15+4. The number of quaternary nitrogens is 4. The number of nitrogens with zero attached hydrogens (tertiary/aromatic N) is 4. The molecule has 4 aliphatic heterocycles. The number of carbonyl (C=O) groups excluding carboxylic acids is 7. The molecule has 0 saturated carbocycles. The summed E-state index contributed by atoms with van der Waals surface area (Å²) in [5.74, 6) is -4.70. The Kier molecular flexibility index (Phi) is 17.6. The molecule has 0 aliphatic carbocycles. The van der Waals surface area contributed by atoms with Crippen molar-refractivity contribution in [3.8, 4) is 0 Å². The van der Waals surface area contributed by atoms with Crippen molar-refractivity contribution in [2.24, 2.45) is 0 Å². The van der Waals surface area contributed by atoms with E-state index in [0.717, 1.165) is 38.9 Å². The van der Waals surface area contributed by atoms with Gasteiger partial charge in [-0.15, -0.1) is 8.97 Å². The van der Waals surface area contributed by atoms with Gasteiger partial charge in [0, 0.05) is 32.2 Å². The molecule has 1 spiro atoms. The summed E-state index contributed by atoms with van der Waals surface area (Å²) in [5.41, 5.74) is 0. The van der Waals surface area contributed by atoms with Crippen LogP contribution in [-0.4, -0.2) is 190 Å². The normalized spacial score (nSPS) is 28.0. The predicted molar refractivity (Wildman–Crippen MR) is 185 cm³/mol. The summed E-state index contributed by atoms with van der Waals surface area (Å²) in [7, 11) is 2.15. The summed E-state index contributed by atoms with van der Waals surface area (Å²) in [6.07, 6.45) is 4.98. The van der Waals surface area contributed by atoms with Gasteiger partial charge in [-0.1, -0.05) is 19.3 Å². The molecule has 0 aromatic carbocycles. The topological polar surface area (TPSA) is 293 Å². The minimum atomic E-state index is -1.26. The number of hydrogen-bond acceptors (Lipinski definition) is 11. The second-order valence-electron chi connectivity index (χ2n) is 15.3. The van der Waals surface area contributed by atoms with Crippen LogP contribution >= 0.6 is 0 Å². The smallest absolute Gasteiger partial charge is 0.481 e. The van der Waals surface area contributed by atoms with Gasteiger partial charge in [0.2, 0.25) is 0 Å². The lowest BCUT2D eigenvalue weighted by Gasteiger charge is -2.49. The molecule has 2 amide bonds. The molecule has 56 heavy (non-hydrogen) atoms. The zero-order chi connectivity index (χ0) is 42.2. The van der Waals surface area contributed by atoms with Crippen LogP contribution in [0.15, 0.2) is 0 Å². The molecule has 0 radical (unpaired) electrons. The summed E-state index contributed by atoms with van der Waals surface area (Å²) in [6.45, 7) is 5.75. The number of likely N-dealkylation sites (N-methyl/N-ethyl adjacent to an activating group) is 1. The van der Waals surface area contributed by atoms with Crippen molar-refractivity contribution in [1.29, 1.82) is 0 Å². The zero-order valence-corrected chi connectivity index (χ0v) is 31.9. The highest BCUT2D eigenvalue weighted by Gasteiger charge is 2.98. The average molecular weight is 801 g/mol. The molecule has 6 N–H and O–H groups in total. The Morgan fingerprint density at radius 3 is 1.45 bits per heavy atom. The lowest BCUT2D eigenvalue weighted by Crippen LogP contribution is -2.85. The van der Waals surface area contributed by atoms with Crippen LogP contribution < -0.4 is 10.6 Å². The SMILES string of the molecule is C[N+]12CC[N+]3(CC(=O)O)CC[N@+]4(CC(=O)O)CC[N@+](CC(=O)CCCCCCCC(=O)CC[C@H](NC(=O)NCCCC(=O)O)C(=O)O)(CC1)[C@@]234.O=C=O.O=C=O. The summed E-state index contributed by atoms with van der Waals surface area (Å²) in [4.78, 5) is 117. The van der Waals surface area contributed by atoms with Gasteiger partial charge in [-0.25, -0.2) is 19.2 Å². The maximum absolute atomic E-state index is 13.6. The second kappa shape index (κ2) is 20.8. The molecule has 4 fully saturated rings. The van der Waals surface area contributed by atoms with Crippen molar-refractivity contribution in [2.45, 2.75) is 82.6 Å². The van der Waals surface area contributed by atoms with Crippen molar-refractivity contribution in [1.82, 2.24) is 10.6 Å². The average Bonchev–Trinajstić information content (AvgIpc) is 3.73. The number of urea groups is 1. The largest absolute Gasteiger partial charge is 0.482 e. The standard InChI is InChI=1S/C33H52N6O11.2CO2/c1-36-14-16-37(18-19-39(24-30(46)47)21-20-38(17-15-36,23-29(44)45)33(36,37)39)22-26(41)9-6-4-2-3-5-8-25(40)11-12-27(31(48)49)35-32(50)34-13-7-10-28(42)43;2*2-1-3/h27H,2-24H2,1H3,(H2-4,34,35,42,43,44,45,46,47,48,49,50);;/p+4/t27-,33-,36?,37-,38?,39-;;/m0../s1. The Labute approximate surface area is 323 Å². The van der Waals surface area contributed by atoms with E-state index in [1.54, 1.807) is 0 Å².